The Morgan fingerprint density at radius 3 is 2.48 bits per heavy atom. The van der Waals surface area contributed by atoms with E-state index in [-0.39, 0.29) is 17.8 Å². The van der Waals surface area contributed by atoms with Crippen LogP contribution in [0.4, 0.5) is 10.5 Å². The number of carbonyl (C=O) groups is 1. The van der Waals surface area contributed by atoms with Gasteiger partial charge in [0.05, 0.1) is 19.0 Å². The molecule has 0 aliphatic carbocycles. The second-order valence-corrected chi connectivity index (χ2v) is 14.0. The lowest BCUT2D eigenvalue weighted by molar-refractivity contribution is -0.0177. The maximum atomic E-state index is 12.7. The molecule has 0 atom stereocenters. The molecule has 4 aromatic rings. The van der Waals surface area contributed by atoms with Crippen LogP contribution in [0.3, 0.4) is 0 Å². The number of ether oxygens (including phenoxy) is 4. The number of likely N-dealkylation sites (tertiary alicyclic amines) is 1. The van der Waals surface area contributed by atoms with Crippen LogP contribution in [0.5, 0.6) is 17.2 Å². The van der Waals surface area contributed by atoms with E-state index in [2.05, 4.69) is 9.71 Å². The fourth-order valence-corrected chi connectivity index (χ4v) is 5.81. The van der Waals surface area contributed by atoms with Crippen molar-refractivity contribution >= 4 is 32.7 Å². The van der Waals surface area contributed by atoms with Crippen molar-refractivity contribution in [3.63, 3.8) is 0 Å². The summed E-state index contributed by atoms with van der Waals surface area (Å²) in [5.74, 6) is 1.56. The van der Waals surface area contributed by atoms with Gasteiger partial charge in [0.1, 0.15) is 35.0 Å². The number of aromatic nitrogens is 2. The van der Waals surface area contributed by atoms with Gasteiger partial charge in [0, 0.05) is 60.8 Å². The van der Waals surface area contributed by atoms with E-state index in [0.717, 1.165) is 19.1 Å². The number of anilines is 1. The van der Waals surface area contributed by atoms with E-state index in [1.807, 2.05) is 32.9 Å². The van der Waals surface area contributed by atoms with Gasteiger partial charge in [-0.25, -0.2) is 13.2 Å². The predicted molar refractivity (Wildman–Crippen MR) is 176 cm³/mol. The molecule has 0 saturated carbocycles. The topological polar surface area (TPSA) is 141 Å². The molecular formula is C33H40N4O8S. The predicted octanol–water partition coefficient (Wildman–Crippen LogP) is 5.49. The first-order valence-electron chi connectivity index (χ1n) is 15.0. The summed E-state index contributed by atoms with van der Waals surface area (Å²) in [4.78, 5) is 29.7. The summed E-state index contributed by atoms with van der Waals surface area (Å²) >= 11 is 0. The Hall–Kier alpha value is -4.49. The molecule has 12 nitrogen and oxygen atoms in total. The number of aryl methyl sites for hydroxylation is 1. The van der Waals surface area contributed by atoms with E-state index >= 15 is 0 Å². The number of nitrogens with zero attached hydrogens (tertiary/aromatic N) is 2. The number of rotatable bonds is 10. The monoisotopic (exact) mass is 652 g/mol. The number of nitrogens with one attached hydrogen (secondary N) is 2. The first kappa shape index (κ1) is 32.9. The van der Waals surface area contributed by atoms with Crippen LogP contribution in [0.1, 0.15) is 33.6 Å². The highest BCUT2D eigenvalue weighted by atomic mass is 32.2. The fraction of sp³-hybridized carbons (Fsp3) is 0.394. The molecule has 1 aliphatic heterocycles. The zero-order valence-corrected chi connectivity index (χ0v) is 27.5. The van der Waals surface area contributed by atoms with Gasteiger partial charge in [-0.05, 0) is 70.0 Å². The van der Waals surface area contributed by atoms with Crippen molar-refractivity contribution in [1.29, 1.82) is 0 Å². The Morgan fingerprint density at radius 1 is 1.02 bits per heavy atom. The van der Waals surface area contributed by atoms with Crippen LogP contribution in [0.25, 0.3) is 22.0 Å². The van der Waals surface area contributed by atoms with Gasteiger partial charge in [-0.15, -0.1) is 0 Å². The molecule has 0 spiro atoms. The zero-order chi connectivity index (χ0) is 33.1. The number of benzene rings is 2. The van der Waals surface area contributed by atoms with E-state index in [1.165, 1.54) is 4.57 Å². The molecule has 13 heteroatoms. The number of carbonyl (C=O) groups excluding carboxylic acids is 1. The fourth-order valence-electron chi connectivity index (χ4n) is 5.25. The normalized spacial score (nSPS) is 14.3. The number of pyridine rings is 1. The summed E-state index contributed by atoms with van der Waals surface area (Å²) in [5, 5.41) is 0.678. The minimum absolute atomic E-state index is 0.0412. The van der Waals surface area contributed by atoms with E-state index in [9.17, 15) is 18.0 Å². The average molecular weight is 653 g/mol. The highest BCUT2D eigenvalue weighted by Crippen LogP contribution is 2.39. The maximum Gasteiger partial charge on any atom is 0.410 e. The van der Waals surface area contributed by atoms with Gasteiger partial charge in [-0.2, -0.15) is 0 Å². The van der Waals surface area contributed by atoms with Gasteiger partial charge in [0.2, 0.25) is 10.0 Å². The smallest absolute Gasteiger partial charge is 0.410 e. The maximum absolute atomic E-state index is 12.7. The minimum atomic E-state index is -3.53. The molecule has 46 heavy (non-hydrogen) atoms. The molecular weight excluding hydrogens is 612 g/mol. The quantitative estimate of drug-likeness (QED) is 0.214. The van der Waals surface area contributed by atoms with Crippen molar-refractivity contribution < 1.29 is 32.2 Å². The summed E-state index contributed by atoms with van der Waals surface area (Å²) in [6, 6.07) is 14.0. The van der Waals surface area contributed by atoms with Crippen LogP contribution in [-0.2, 0) is 26.5 Å². The van der Waals surface area contributed by atoms with E-state index in [1.54, 1.807) is 60.7 Å². The van der Waals surface area contributed by atoms with Gasteiger partial charge < -0.3 is 33.4 Å². The number of sulfonamides is 1. The van der Waals surface area contributed by atoms with Gasteiger partial charge in [-0.3, -0.25) is 9.52 Å². The third-order valence-corrected chi connectivity index (χ3v) is 7.91. The molecule has 2 aromatic heterocycles. The molecule has 1 saturated heterocycles. The molecule has 0 bridgehead atoms. The highest BCUT2D eigenvalue weighted by Gasteiger charge is 2.27. The summed E-state index contributed by atoms with van der Waals surface area (Å²) in [7, 11) is -1.87. The Morgan fingerprint density at radius 2 is 1.76 bits per heavy atom. The van der Waals surface area contributed by atoms with Crippen LogP contribution in [0.15, 0.2) is 65.7 Å². The van der Waals surface area contributed by atoms with Crippen LogP contribution in [0.2, 0.25) is 0 Å². The Kier molecular flexibility index (Phi) is 9.63. The Balaban J connectivity index is 1.24. The van der Waals surface area contributed by atoms with Crippen molar-refractivity contribution in [2.24, 2.45) is 7.05 Å². The second-order valence-electron chi connectivity index (χ2n) is 12.3. The van der Waals surface area contributed by atoms with Gasteiger partial charge in [0.25, 0.3) is 5.56 Å². The molecule has 3 heterocycles. The number of fused-ring (bicyclic) bond motifs is 1. The number of aromatic amines is 1. The van der Waals surface area contributed by atoms with Crippen LogP contribution in [0, 0.1) is 0 Å². The lowest BCUT2D eigenvalue weighted by Crippen LogP contribution is -2.43. The molecule has 0 unspecified atom stereocenters. The van der Waals surface area contributed by atoms with Crippen LogP contribution >= 0.6 is 0 Å². The van der Waals surface area contributed by atoms with E-state index in [4.69, 9.17) is 18.9 Å². The van der Waals surface area contributed by atoms with E-state index < -0.39 is 15.6 Å². The molecule has 246 valence electrons. The molecule has 2 aromatic carbocycles. The highest BCUT2D eigenvalue weighted by molar-refractivity contribution is 7.92. The Labute approximate surface area is 268 Å². The first-order valence-corrected chi connectivity index (χ1v) is 16.9. The van der Waals surface area contributed by atoms with Crippen molar-refractivity contribution in [3.8, 4) is 28.4 Å². The van der Waals surface area contributed by atoms with Crippen LogP contribution in [-0.4, -0.2) is 73.2 Å². The van der Waals surface area contributed by atoms with Crippen molar-refractivity contribution in [3.05, 3.63) is 71.3 Å². The molecule has 5 rings (SSSR count). The van der Waals surface area contributed by atoms with Crippen molar-refractivity contribution in [2.45, 2.75) is 45.3 Å². The number of piperidine rings is 1. The lowest BCUT2D eigenvalue weighted by Gasteiger charge is -2.33. The first-order chi connectivity index (χ1) is 21.8. The molecule has 1 fully saturated rings. The van der Waals surface area contributed by atoms with Crippen molar-refractivity contribution in [2.75, 3.05) is 37.3 Å². The lowest BCUT2D eigenvalue weighted by atomic mass is 10.0. The third kappa shape index (κ3) is 8.40. The largest absolute Gasteiger partial charge is 0.491 e. The standard InChI is InChI=1S/C33H40N4O8S/c1-33(2,3)45-32(39)37-15-12-23(13-16-37)42-17-18-43-24-7-6-8-25(20-24)44-29-10-9-22(35-46(5,40)41)19-27(29)28-21-36(4)31(38)30-26(28)11-14-34-30/h6-11,14,19-21,23,34-35H,12-13,15-18H2,1-5H3. The Bertz CT molecular complexity index is 1870. The zero-order valence-electron chi connectivity index (χ0n) is 26.7. The van der Waals surface area contributed by atoms with Crippen molar-refractivity contribution in [1.82, 2.24) is 14.5 Å². The molecule has 0 radical (unpaired) electrons. The van der Waals surface area contributed by atoms with Crippen LogP contribution < -0.4 is 19.8 Å². The van der Waals surface area contributed by atoms with Gasteiger partial charge >= 0.3 is 6.09 Å². The second kappa shape index (κ2) is 13.5. The minimum Gasteiger partial charge on any atom is -0.491 e. The number of H-pyrrole nitrogens is 1. The molecule has 2 N–H and O–H groups in total. The summed E-state index contributed by atoms with van der Waals surface area (Å²) in [6.07, 6.45) is 5.68. The molecule has 1 amide bonds. The number of hydrogen-bond donors (Lipinski definition) is 2. The number of amides is 1. The molecule has 1 aliphatic rings. The van der Waals surface area contributed by atoms with Gasteiger partial charge in [-0.1, -0.05) is 6.07 Å². The summed E-state index contributed by atoms with van der Waals surface area (Å²) in [6.45, 7) is 7.46. The summed E-state index contributed by atoms with van der Waals surface area (Å²) < 4.78 is 51.7. The average Bonchev–Trinajstić information content (AvgIpc) is 3.48. The summed E-state index contributed by atoms with van der Waals surface area (Å²) in [5.41, 5.74) is 1.36. The van der Waals surface area contributed by atoms with Gasteiger partial charge in [0.15, 0.2) is 0 Å². The van der Waals surface area contributed by atoms with E-state index in [0.29, 0.717) is 71.3 Å². The third-order valence-electron chi connectivity index (χ3n) is 7.30. The SMILES string of the molecule is Cn1cc(-c2cc(NS(C)(=O)=O)ccc2Oc2cccc(OCCOC3CCN(C(=O)OC(C)(C)C)CC3)c2)c2cc[nH]c2c1=O. The number of hydrogen-bond acceptors (Lipinski definition) is 8.